The molecule has 22 heteroatoms. The number of carboxylic acids is 6. The molecule has 2 aliphatic heterocycles. The number of hydrogen-bond acceptors (Lipinski definition) is 16. The second-order valence-corrected chi connectivity index (χ2v) is 15.3. The van der Waals surface area contributed by atoms with Gasteiger partial charge in [-0.3, -0.25) is 9.97 Å². The number of carboxylic acid groups (broad SMARTS) is 6. The number of pyridine rings is 2. The van der Waals surface area contributed by atoms with Crippen molar-refractivity contribution in [3.63, 3.8) is 0 Å². The summed E-state index contributed by atoms with van der Waals surface area (Å²) in [5, 5.41) is 54.3. The minimum Gasteiger partial charge on any atom is -0.497 e. The van der Waals surface area contributed by atoms with Crippen LogP contribution in [0, 0.1) is 0 Å². The van der Waals surface area contributed by atoms with E-state index in [0.717, 1.165) is 97.9 Å². The summed E-state index contributed by atoms with van der Waals surface area (Å²) in [5.74, 6) is -4.09. The zero-order valence-electron chi connectivity index (χ0n) is 42.2. The lowest BCUT2D eigenvalue weighted by Gasteiger charge is -2.23. The van der Waals surface area contributed by atoms with Gasteiger partial charge in [0.25, 0.3) is 0 Å². The molecule has 0 fully saturated rings. The zero-order chi connectivity index (χ0) is 55.0. The van der Waals surface area contributed by atoms with Crippen molar-refractivity contribution in [3.05, 3.63) is 143 Å². The van der Waals surface area contributed by atoms with Gasteiger partial charge < -0.3 is 70.0 Å². The number of nitrogens with zero attached hydrogens (tertiary/aromatic N) is 4. The first-order valence-corrected chi connectivity index (χ1v) is 23.2. The Labute approximate surface area is 429 Å². The molecule has 4 aromatic rings. The zero-order valence-corrected chi connectivity index (χ0v) is 42.2. The number of benzene rings is 2. The van der Waals surface area contributed by atoms with E-state index in [0.29, 0.717) is 49.7 Å². The van der Waals surface area contributed by atoms with Crippen LogP contribution in [0.15, 0.2) is 110 Å². The van der Waals surface area contributed by atoms with Gasteiger partial charge in [0, 0.05) is 86.2 Å². The van der Waals surface area contributed by atoms with E-state index in [1.54, 1.807) is 14.2 Å². The highest BCUT2D eigenvalue weighted by molar-refractivity contribution is 5.90. The molecule has 4 heterocycles. The summed E-state index contributed by atoms with van der Waals surface area (Å²) >= 11 is 0. The van der Waals surface area contributed by atoms with Crippen molar-refractivity contribution in [2.24, 2.45) is 0 Å². The number of carbonyl (C=O) groups is 6. The van der Waals surface area contributed by atoms with Crippen LogP contribution in [-0.4, -0.2) is 153 Å². The summed E-state index contributed by atoms with van der Waals surface area (Å²) in [5.41, 5.74) is 6.52. The van der Waals surface area contributed by atoms with Crippen molar-refractivity contribution >= 4 is 35.8 Å². The number of nitrogens with one attached hydrogen (secondary N) is 2. The molecule has 22 nitrogen and oxygen atoms in total. The molecule has 400 valence electrons. The van der Waals surface area contributed by atoms with Gasteiger partial charge in [0.1, 0.15) is 36.2 Å². The van der Waals surface area contributed by atoms with Crippen molar-refractivity contribution in [2.75, 3.05) is 66.6 Å². The molecule has 0 saturated carbocycles. The Morgan fingerprint density at radius 1 is 0.527 bits per heavy atom. The van der Waals surface area contributed by atoms with Crippen molar-refractivity contribution in [1.82, 2.24) is 30.4 Å². The first kappa shape index (κ1) is 61.9. The van der Waals surface area contributed by atoms with Gasteiger partial charge in [-0.2, -0.15) is 0 Å². The van der Waals surface area contributed by atoms with Gasteiger partial charge in [-0.15, -0.1) is 0 Å². The van der Waals surface area contributed by atoms with Crippen molar-refractivity contribution in [2.45, 2.75) is 53.0 Å². The Morgan fingerprint density at radius 2 is 0.838 bits per heavy atom. The van der Waals surface area contributed by atoms with Crippen LogP contribution in [-0.2, 0) is 42.0 Å². The third-order valence-electron chi connectivity index (χ3n) is 10.7. The minimum atomic E-state index is -1.26. The van der Waals surface area contributed by atoms with Gasteiger partial charge in [-0.25, -0.2) is 28.8 Å². The number of ether oxygens (including phenoxy) is 4. The fraction of sp³-hybridized carbons (Fsp3) is 0.346. The quantitative estimate of drug-likeness (QED) is 0.0531. The van der Waals surface area contributed by atoms with Gasteiger partial charge in [-0.05, 0) is 85.8 Å². The summed E-state index contributed by atoms with van der Waals surface area (Å²) in [6, 6.07) is 20.3. The van der Waals surface area contributed by atoms with E-state index in [2.05, 4.69) is 82.4 Å². The number of methoxy groups -OCH3 is 2. The van der Waals surface area contributed by atoms with Crippen LogP contribution in [0.1, 0.15) is 73.4 Å². The molecule has 2 aromatic carbocycles. The van der Waals surface area contributed by atoms with Crippen LogP contribution in [0.5, 0.6) is 23.0 Å². The third kappa shape index (κ3) is 22.9. The van der Waals surface area contributed by atoms with Gasteiger partial charge >= 0.3 is 35.8 Å². The fourth-order valence-electron chi connectivity index (χ4n) is 7.00. The van der Waals surface area contributed by atoms with Gasteiger partial charge in [0.15, 0.2) is 0 Å². The molecule has 8 N–H and O–H groups in total. The lowest BCUT2D eigenvalue weighted by molar-refractivity contribution is -0.134. The van der Waals surface area contributed by atoms with E-state index in [1.807, 2.05) is 48.8 Å². The van der Waals surface area contributed by atoms with E-state index >= 15 is 0 Å². The van der Waals surface area contributed by atoms with Crippen LogP contribution in [0.4, 0.5) is 0 Å². The lowest BCUT2D eigenvalue weighted by Crippen LogP contribution is -2.34. The number of aromatic nitrogens is 2. The molecule has 0 bridgehead atoms. The Morgan fingerprint density at radius 3 is 1.11 bits per heavy atom. The van der Waals surface area contributed by atoms with E-state index in [1.165, 1.54) is 11.1 Å². The van der Waals surface area contributed by atoms with E-state index in [4.69, 9.17) is 49.6 Å². The van der Waals surface area contributed by atoms with Crippen molar-refractivity contribution in [1.29, 1.82) is 0 Å². The number of likely N-dealkylation sites (N-methyl/N-ethyl adjacent to an activating group) is 2. The van der Waals surface area contributed by atoms with Gasteiger partial charge in [0.05, 0.1) is 37.7 Å². The van der Waals surface area contributed by atoms with Crippen LogP contribution in [0.25, 0.3) is 0 Å². The molecule has 6 rings (SSSR count). The van der Waals surface area contributed by atoms with Crippen molar-refractivity contribution in [3.8, 4) is 23.0 Å². The predicted octanol–water partition coefficient (Wildman–Crippen LogP) is 5.14. The first-order chi connectivity index (χ1) is 35.4. The largest absolute Gasteiger partial charge is 0.497 e. The summed E-state index contributed by atoms with van der Waals surface area (Å²) in [6.07, 6.45) is 7.00. The standard InChI is InChI=1S/2C20H27N3O2.3C4H4O4/c2*1-4-23(5-2)12-11-22-20-16-7-6-10-21-18(16)14-25-19-9-8-15(24-3)13-17(19)20;3*5-3(6)1-2-4(7)8/h2*6-10,13,20,22H,4-5,11-12,14H2,1-3H3;3*1-2H,(H,5,6)(H,7,8). The van der Waals surface area contributed by atoms with E-state index in [-0.39, 0.29) is 12.1 Å². The van der Waals surface area contributed by atoms with Crippen LogP contribution in [0.2, 0.25) is 0 Å². The molecule has 2 aromatic heterocycles. The Kier molecular flexibility index (Phi) is 28.7. The highest BCUT2D eigenvalue weighted by Gasteiger charge is 2.27. The van der Waals surface area contributed by atoms with Gasteiger partial charge in [0.2, 0.25) is 0 Å². The van der Waals surface area contributed by atoms with Crippen LogP contribution < -0.4 is 29.6 Å². The van der Waals surface area contributed by atoms with E-state index < -0.39 is 35.8 Å². The van der Waals surface area contributed by atoms with Gasteiger partial charge in [-0.1, -0.05) is 39.8 Å². The molecule has 0 amide bonds. The lowest BCUT2D eigenvalue weighted by atomic mass is 9.97. The molecule has 0 aliphatic carbocycles. The maximum atomic E-state index is 9.55. The topological polar surface area (TPSA) is 317 Å². The molecule has 2 atom stereocenters. The molecule has 74 heavy (non-hydrogen) atoms. The Hall–Kier alpha value is -8.18. The average molecular weight is 1030 g/mol. The molecule has 0 saturated heterocycles. The number of aliphatic carboxylic acids is 6. The summed E-state index contributed by atoms with van der Waals surface area (Å²) < 4.78 is 22.9. The maximum Gasteiger partial charge on any atom is 0.328 e. The highest BCUT2D eigenvalue weighted by Crippen LogP contribution is 2.38. The Balaban J connectivity index is 0.000000355. The minimum absolute atomic E-state index is 0.0480. The second-order valence-electron chi connectivity index (χ2n) is 15.3. The molecular formula is C52H66N6O16. The normalized spacial score (nSPS) is 13.8. The summed E-state index contributed by atoms with van der Waals surface area (Å²) in [7, 11) is 3.38. The second kappa shape index (κ2) is 34.2. The van der Waals surface area contributed by atoms with Crippen molar-refractivity contribution < 1.29 is 78.4 Å². The third-order valence-corrected chi connectivity index (χ3v) is 10.7. The van der Waals surface area contributed by atoms with Crippen LogP contribution in [0.3, 0.4) is 0 Å². The first-order valence-electron chi connectivity index (χ1n) is 23.2. The van der Waals surface area contributed by atoms with Crippen LogP contribution >= 0.6 is 0 Å². The number of rotatable bonds is 20. The molecule has 0 spiro atoms. The van der Waals surface area contributed by atoms with E-state index in [9.17, 15) is 28.8 Å². The molecule has 2 unspecified atom stereocenters. The SMILES string of the molecule is CCN(CC)CCNC1c2cc(OC)ccc2OCc2ncccc21.CCN(CC)CCNC1c2cc(OC)ccc2OCc2ncccc21.O=C(O)C=CC(=O)O.O=C(O)C=CC(=O)O.O=C(O)C=CC(=O)O. The maximum absolute atomic E-state index is 9.55. The molecular weight excluding hydrogens is 965 g/mol. The Bertz CT molecular complexity index is 2280. The molecule has 2 aliphatic rings. The number of hydrogen-bond donors (Lipinski definition) is 8. The fourth-order valence-corrected chi connectivity index (χ4v) is 7.00. The number of fused-ring (bicyclic) bond motifs is 4. The summed E-state index contributed by atoms with van der Waals surface area (Å²) in [6.45, 7) is 17.8. The monoisotopic (exact) mass is 1030 g/mol. The summed E-state index contributed by atoms with van der Waals surface area (Å²) in [4.78, 5) is 71.2. The molecule has 0 radical (unpaired) electrons. The smallest absolute Gasteiger partial charge is 0.328 e. The average Bonchev–Trinajstić information content (AvgIpc) is 3.65. The predicted molar refractivity (Wildman–Crippen MR) is 272 cm³/mol. The highest BCUT2D eigenvalue weighted by atomic mass is 16.5.